The Kier molecular flexibility index (Phi) is 11.2. The molecule has 3 heterocycles. The molecule has 1 aliphatic rings. The number of nitrogens with one attached hydrogen (secondary N) is 2. The van der Waals surface area contributed by atoms with Crippen LogP contribution in [0.2, 0.25) is 25.7 Å². The van der Waals surface area contributed by atoms with Crippen LogP contribution in [-0.2, 0) is 26.1 Å². The van der Waals surface area contributed by atoms with E-state index in [-0.39, 0.29) is 30.3 Å². The molecule has 0 radical (unpaired) electrons. The number of carbonyl (C=O) groups excluding carboxylic acids is 1. The smallest absolute Gasteiger partial charge is 0.241 e. The van der Waals surface area contributed by atoms with Gasteiger partial charge in [-0.1, -0.05) is 37.8 Å². The number of likely N-dealkylation sites (N-methyl/N-ethyl adjacent to an activating group) is 1. The first-order valence-corrected chi connectivity index (χ1v) is 22.6. The molecule has 14 heteroatoms. The molecule has 0 unspecified atom stereocenters. The maximum absolute atomic E-state index is 15.2. The van der Waals surface area contributed by atoms with Gasteiger partial charge in [0.15, 0.2) is 15.7 Å². The number of ether oxygens (including phenoxy) is 1. The van der Waals surface area contributed by atoms with Gasteiger partial charge < -0.3 is 19.9 Å². The Hall–Kier alpha value is -3.69. The fourth-order valence-corrected chi connectivity index (χ4v) is 7.76. The second kappa shape index (κ2) is 14.9. The lowest BCUT2D eigenvalue weighted by Crippen LogP contribution is -2.58. The number of halogens is 1. The van der Waals surface area contributed by atoms with Gasteiger partial charge in [0.2, 0.25) is 11.9 Å². The molecule has 50 heavy (non-hydrogen) atoms. The van der Waals surface area contributed by atoms with Gasteiger partial charge >= 0.3 is 0 Å². The summed E-state index contributed by atoms with van der Waals surface area (Å²) in [5.41, 5.74) is 3.58. The Balaban J connectivity index is 1.51. The second-order valence-electron chi connectivity index (χ2n) is 14.8. The van der Waals surface area contributed by atoms with Gasteiger partial charge in [0.25, 0.3) is 0 Å². The predicted octanol–water partition coefficient (Wildman–Crippen LogP) is 6.36. The first-order valence-electron chi connectivity index (χ1n) is 17.0. The fraction of sp³-hybridized carbons (Fsp3) is 0.472. The third-order valence-corrected chi connectivity index (χ3v) is 12.4. The van der Waals surface area contributed by atoms with Crippen LogP contribution in [0.3, 0.4) is 0 Å². The van der Waals surface area contributed by atoms with Gasteiger partial charge in [-0.05, 0) is 64.5 Å². The van der Waals surface area contributed by atoms with Crippen LogP contribution < -0.4 is 10.6 Å². The lowest BCUT2D eigenvalue weighted by Gasteiger charge is -2.44. The number of hydrogen-bond donors (Lipinski definition) is 2. The number of amides is 1. The third kappa shape index (κ3) is 8.43. The number of carbonyl (C=O) groups is 1. The molecular weight excluding hydrogens is 674 g/mol. The van der Waals surface area contributed by atoms with Crippen molar-refractivity contribution < 1.29 is 22.3 Å². The summed E-state index contributed by atoms with van der Waals surface area (Å²) < 4.78 is 47.7. The summed E-state index contributed by atoms with van der Waals surface area (Å²) in [7, 11) is -2.97. The molecule has 1 amide bonds. The molecule has 11 nitrogen and oxygen atoms in total. The molecule has 2 aromatic heterocycles. The van der Waals surface area contributed by atoms with Crippen molar-refractivity contribution in [2.45, 2.75) is 83.1 Å². The molecule has 5 rings (SSSR count). The van der Waals surface area contributed by atoms with Gasteiger partial charge in [-0.2, -0.15) is 0 Å². The number of rotatable bonds is 12. The zero-order valence-electron chi connectivity index (χ0n) is 30.5. The fourth-order valence-electron chi connectivity index (χ4n) is 6.25. The van der Waals surface area contributed by atoms with E-state index in [1.54, 1.807) is 6.20 Å². The standard InChI is InChI=1S/C36H50FN7O4SSi/c1-23-18-38-36(40-29-13-11-15-31(32(29)37)49(6,46)47)41-33(23)28-21-44(22-48-16-17-50(7,8)9)34-27(28)12-10-14-30(34)39-35(45)26(4)43-19-24(2)42(5)25(3)20-43/h10-15,18,21,24-26H,16-17,19-20,22H2,1-9H3,(H,39,45)(H,38,40,41)/t24-,25-,26+/m0/s1. The van der Waals surface area contributed by atoms with Gasteiger partial charge in [0, 0.05) is 69.5 Å². The van der Waals surface area contributed by atoms with Crippen molar-refractivity contribution in [2.24, 2.45) is 0 Å². The lowest BCUT2D eigenvalue weighted by molar-refractivity contribution is -0.122. The number of anilines is 3. The summed E-state index contributed by atoms with van der Waals surface area (Å²) in [6, 6.07) is 11.3. The number of nitrogens with zero attached hydrogens (tertiary/aromatic N) is 5. The van der Waals surface area contributed by atoms with Crippen molar-refractivity contribution in [1.29, 1.82) is 0 Å². The topological polar surface area (TPSA) is 122 Å². The number of hydrogen-bond acceptors (Lipinski definition) is 9. The first-order chi connectivity index (χ1) is 23.4. The molecule has 0 saturated carbocycles. The predicted molar refractivity (Wildman–Crippen MR) is 201 cm³/mol. The van der Waals surface area contributed by atoms with Gasteiger partial charge in [0.05, 0.1) is 28.6 Å². The van der Waals surface area contributed by atoms with Crippen LogP contribution in [0.5, 0.6) is 0 Å². The van der Waals surface area contributed by atoms with Gasteiger partial charge in [-0.25, -0.2) is 22.8 Å². The summed E-state index contributed by atoms with van der Waals surface area (Å²) in [6.07, 6.45) is 4.57. The van der Waals surface area contributed by atoms with Crippen LogP contribution >= 0.6 is 0 Å². The maximum atomic E-state index is 15.2. The van der Waals surface area contributed by atoms with E-state index in [4.69, 9.17) is 9.72 Å². The number of aromatic nitrogens is 3. The monoisotopic (exact) mass is 723 g/mol. The van der Waals surface area contributed by atoms with Gasteiger partial charge in [-0.3, -0.25) is 14.6 Å². The van der Waals surface area contributed by atoms with E-state index in [2.05, 4.69) is 66.0 Å². The van der Waals surface area contributed by atoms with E-state index in [0.717, 1.165) is 47.4 Å². The van der Waals surface area contributed by atoms with E-state index in [1.807, 2.05) is 42.8 Å². The Bertz CT molecular complexity index is 1970. The van der Waals surface area contributed by atoms with Crippen molar-refractivity contribution in [2.75, 3.05) is 43.6 Å². The van der Waals surface area contributed by atoms with Gasteiger partial charge in [-0.15, -0.1) is 0 Å². The van der Waals surface area contributed by atoms with E-state index < -0.39 is 28.6 Å². The molecule has 1 fully saturated rings. The zero-order valence-corrected chi connectivity index (χ0v) is 32.4. The van der Waals surface area contributed by atoms with Crippen LogP contribution in [0.25, 0.3) is 22.2 Å². The number of para-hydroxylation sites is 1. The average molecular weight is 724 g/mol. The van der Waals surface area contributed by atoms with Crippen LogP contribution in [0.4, 0.5) is 21.7 Å². The minimum atomic E-state index is -3.78. The van der Waals surface area contributed by atoms with Crippen molar-refractivity contribution >= 4 is 52.0 Å². The molecule has 270 valence electrons. The molecule has 0 bridgehead atoms. The zero-order chi connectivity index (χ0) is 36.5. The Labute approximate surface area is 296 Å². The number of benzene rings is 2. The largest absolute Gasteiger partial charge is 0.361 e. The van der Waals surface area contributed by atoms with E-state index in [1.165, 1.54) is 18.2 Å². The summed E-state index contributed by atoms with van der Waals surface area (Å²) in [5.74, 6) is -0.877. The highest BCUT2D eigenvalue weighted by molar-refractivity contribution is 7.90. The molecular formula is C36H50FN7O4SSi. The number of piperazine rings is 1. The van der Waals surface area contributed by atoms with Crippen LogP contribution in [0.15, 0.2) is 53.7 Å². The normalized spacial score (nSPS) is 18.4. The van der Waals surface area contributed by atoms with Crippen LogP contribution in [-0.4, -0.2) is 97.9 Å². The van der Waals surface area contributed by atoms with Crippen molar-refractivity contribution in [3.63, 3.8) is 0 Å². The van der Waals surface area contributed by atoms with Crippen LogP contribution in [0, 0.1) is 12.7 Å². The summed E-state index contributed by atoms with van der Waals surface area (Å²) >= 11 is 0. The maximum Gasteiger partial charge on any atom is 0.241 e. The Morgan fingerprint density at radius 1 is 1.10 bits per heavy atom. The molecule has 1 saturated heterocycles. The first kappa shape index (κ1) is 37.6. The Morgan fingerprint density at radius 2 is 1.76 bits per heavy atom. The van der Waals surface area contributed by atoms with E-state index in [9.17, 15) is 13.2 Å². The average Bonchev–Trinajstić information content (AvgIpc) is 3.41. The Morgan fingerprint density at radius 3 is 2.42 bits per heavy atom. The summed E-state index contributed by atoms with van der Waals surface area (Å²) in [5, 5.41) is 6.95. The quantitative estimate of drug-likeness (QED) is 0.127. The molecule has 0 aliphatic carbocycles. The molecule has 2 aromatic carbocycles. The van der Waals surface area contributed by atoms with E-state index >= 15 is 4.39 Å². The lowest BCUT2D eigenvalue weighted by atomic mass is 10.1. The highest BCUT2D eigenvalue weighted by Gasteiger charge is 2.32. The molecule has 4 aromatic rings. The van der Waals surface area contributed by atoms with E-state index in [0.29, 0.717) is 30.1 Å². The van der Waals surface area contributed by atoms with Crippen LogP contribution in [0.1, 0.15) is 26.3 Å². The summed E-state index contributed by atoms with van der Waals surface area (Å²) in [4.78, 5) is 27.1. The van der Waals surface area contributed by atoms with Gasteiger partial charge in [0.1, 0.15) is 11.6 Å². The summed E-state index contributed by atoms with van der Waals surface area (Å²) in [6.45, 7) is 17.6. The molecule has 2 N–H and O–H groups in total. The highest BCUT2D eigenvalue weighted by atomic mass is 32.2. The molecule has 1 aliphatic heterocycles. The second-order valence-corrected chi connectivity index (χ2v) is 22.4. The van der Waals surface area contributed by atoms with Crippen molar-refractivity contribution in [3.05, 3.63) is 60.2 Å². The number of sulfone groups is 1. The number of fused-ring (bicyclic) bond motifs is 1. The minimum absolute atomic E-state index is 0.0517. The number of aryl methyl sites for hydroxylation is 1. The van der Waals surface area contributed by atoms with Crippen molar-refractivity contribution in [3.8, 4) is 11.3 Å². The highest BCUT2D eigenvalue weighted by Crippen LogP contribution is 2.36. The van der Waals surface area contributed by atoms with Crippen molar-refractivity contribution in [1.82, 2.24) is 24.3 Å². The SMILES string of the molecule is Cc1cnc(Nc2cccc(S(C)(=O)=O)c2F)nc1-c1cn(COCC[Si](C)(C)C)c2c(NC(=O)[C@@H](C)N3C[C@H](C)N(C)[C@@H](C)C3)cccc12. The molecule has 3 atom stereocenters. The molecule has 0 spiro atoms. The third-order valence-electron chi connectivity index (χ3n) is 9.53. The minimum Gasteiger partial charge on any atom is -0.361 e.